The van der Waals surface area contributed by atoms with Crippen LogP contribution < -0.4 is 0 Å². The van der Waals surface area contributed by atoms with E-state index in [-0.39, 0.29) is 20.1 Å². The van der Waals surface area contributed by atoms with Gasteiger partial charge in [-0.1, -0.05) is 133 Å². The van der Waals surface area contributed by atoms with Crippen molar-refractivity contribution in [3.8, 4) is 84.3 Å². The molecule has 10 rings (SSSR count). The van der Waals surface area contributed by atoms with Crippen LogP contribution in [-0.4, -0.2) is 15.0 Å². The maximum atomic E-state index is 9.66. The third-order valence-corrected chi connectivity index (χ3v) is 12.7. The van der Waals surface area contributed by atoms with Gasteiger partial charge in [0.25, 0.3) is 0 Å². The van der Waals surface area contributed by atoms with E-state index in [9.17, 15) is 5.26 Å². The van der Waals surface area contributed by atoms with Gasteiger partial charge in [-0.25, -0.2) is 0 Å². The first kappa shape index (κ1) is 46.2. The zero-order valence-electron chi connectivity index (χ0n) is 38.5. The molecule has 3 heterocycles. The van der Waals surface area contributed by atoms with E-state index in [1.54, 1.807) is 0 Å². The third-order valence-electron chi connectivity index (χ3n) is 12.7. The van der Waals surface area contributed by atoms with Gasteiger partial charge in [0, 0.05) is 18.6 Å². The normalized spacial score (nSPS) is 10.9. The molecule has 0 saturated heterocycles. The van der Waals surface area contributed by atoms with Gasteiger partial charge >= 0.3 is 20.1 Å². The molecule has 0 amide bonds. The maximum absolute atomic E-state index is 9.66. The second-order valence-electron chi connectivity index (χ2n) is 17.3. The van der Waals surface area contributed by atoms with E-state index >= 15 is 0 Å². The summed E-state index contributed by atoms with van der Waals surface area (Å²) in [5.74, 6) is 0. The fraction of sp³-hybridized carbons (Fsp3) is 0.0938. The molecule has 69 heavy (non-hydrogen) atoms. The van der Waals surface area contributed by atoms with Crippen molar-refractivity contribution in [3.05, 3.63) is 258 Å². The van der Waals surface area contributed by atoms with Gasteiger partial charge in [0.1, 0.15) is 0 Å². The van der Waals surface area contributed by atoms with Crippen LogP contribution in [0.4, 0.5) is 0 Å². The predicted octanol–water partition coefficient (Wildman–Crippen LogP) is 15.0. The fourth-order valence-corrected chi connectivity index (χ4v) is 9.04. The van der Waals surface area contributed by atoms with Crippen molar-refractivity contribution in [3.63, 3.8) is 0 Å². The Hall–Kier alpha value is -7.87. The quantitative estimate of drug-likeness (QED) is 0.108. The van der Waals surface area contributed by atoms with E-state index in [4.69, 9.17) is 4.98 Å². The molecule has 0 aliphatic carbocycles. The first-order chi connectivity index (χ1) is 33.5. The standard InChI is InChI=1S/C64H47N4.Ir/c1-44-38-60(45(2)37-56(44)43-65)50-28-30-51(31-29-50)61-42-54(64-15-7-10-36-68-64)32-33-59(61)58-12-4-3-11-57(58)55-40-48(18-16-46-20-24-52(25-21-46)62-13-5-8-34-66-62)39-49(41-55)19-17-47-22-26-53(27-23-47)63-14-6-9-35-67-63;/h3-15,20-24,26,28-31,33-42H,16-19H2,1-2H3;/q-3;+3. The summed E-state index contributed by atoms with van der Waals surface area (Å²) in [6.07, 6.45) is 9.02. The summed E-state index contributed by atoms with van der Waals surface area (Å²) in [6, 6.07) is 77.0. The van der Waals surface area contributed by atoms with Crippen LogP contribution in [0.1, 0.15) is 38.9 Å². The molecule has 0 aliphatic rings. The molecule has 3 aromatic heterocycles. The van der Waals surface area contributed by atoms with Crippen molar-refractivity contribution in [1.29, 1.82) is 5.26 Å². The first-order valence-corrected chi connectivity index (χ1v) is 23.1. The molecule has 0 fully saturated rings. The average molecular weight is 1060 g/mol. The second kappa shape index (κ2) is 21.4. The van der Waals surface area contributed by atoms with Crippen molar-refractivity contribution in [2.45, 2.75) is 39.5 Å². The molecule has 332 valence electrons. The Bertz CT molecular complexity index is 3280. The molecule has 0 aliphatic heterocycles. The molecule has 0 atom stereocenters. The number of benzene rings is 7. The number of pyridine rings is 3. The monoisotopic (exact) mass is 1060 g/mol. The molecule has 0 saturated carbocycles. The van der Waals surface area contributed by atoms with Crippen LogP contribution in [0, 0.1) is 43.4 Å². The zero-order chi connectivity index (χ0) is 46.2. The molecule has 0 bridgehead atoms. The first-order valence-electron chi connectivity index (χ1n) is 23.1. The van der Waals surface area contributed by atoms with Crippen LogP contribution in [0.2, 0.25) is 0 Å². The van der Waals surface area contributed by atoms with Crippen LogP contribution in [0.25, 0.3) is 78.3 Å². The van der Waals surface area contributed by atoms with Gasteiger partial charge in [-0.05, 0) is 124 Å². The topological polar surface area (TPSA) is 62.5 Å². The summed E-state index contributed by atoms with van der Waals surface area (Å²) in [5, 5.41) is 9.66. The van der Waals surface area contributed by atoms with Crippen molar-refractivity contribution in [2.24, 2.45) is 0 Å². The fourth-order valence-electron chi connectivity index (χ4n) is 9.04. The number of hydrogen-bond donors (Lipinski definition) is 0. The Balaban J connectivity index is 0.00000593. The Morgan fingerprint density at radius 2 is 0.884 bits per heavy atom. The number of rotatable bonds is 13. The third kappa shape index (κ3) is 10.6. The van der Waals surface area contributed by atoms with Crippen molar-refractivity contribution in [1.82, 2.24) is 15.0 Å². The minimum absolute atomic E-state index is 0. The molecular weight excluding hydrogens is 1020 g/mol. The van der Waals surface area contributed by atoms with Gasteiger partial charge < -0.3 is 15.0 Å². The summed E-state index contributed by atoms with van der Waals surface area (Å²) in [5.41, 5.74) is 22.5. The van der Waals surface area contributed by atoms with Gasteiger partial charge in [0.15, 0.2) is 0 Å². The molecule has 7 aromatic carbocycles. The Morgan fingerprint density at radius 3 is 1.39 bits per heavy atom. The minimum atomic E-state index is 0. The minimum Gasteiger partial charge on any atom is -0.305 e. The van der Waals surface area contributed by atoms with Gasteiger partial charge in [-0.3, -0.25) is 0 Å². The van der Waals surface area contributed by atoms with E-state index < -0.39 is 0 Å². The molecule has 0 spiro atoms. The van der Waals surface area contributed by atoms with Crippen molar-refractivity contribution < 1.29 is 20.1 Å². The number of nitriles is 1. The van der Waals surface area contributed by atoms with Crippen LogP contribution in [0.15, 0.2) is 201 Å². The number of aryl methyl sites for hydroxylation is 6. The summed E-state index contributed by atoms with van der Waals surface area (Å²) in [7, 11) is 0. The predicted molar refractivity (Wildman–Crippen MR) is 276 cm³/mol. The van der Waals surface area contributed by atoms with E-state index in [1.807, 2.05) is 86.2 Å². The van der Waals surface area contributed by atoms with Gasteiger partial charge in [0.05, 0.1) is 11.6 Å². The molecule has 0 radical (unpaired) electrons. The average Bonchev–Trinajstić information content (AvgIpc) is 3.41. The van der Waals surface area contributed by atoms with Crippen LogP contribution in [-0.2, 0) is 45.8 Å². The van der Waals surface area contributed by atoms with Gasteiger partial charge in [0.2, 0.25) is 0 Å². The molecule has 0 N–H and O–H groups in total. The van der Waals surface area contributed by atoms with E-state index in [0.717, 1.165) is 110 Å². The number of hydrogen-bond acceptors (Lipinski definition) is 4. The summed E-state index contributed by atoms with van der Waals surface area (Å²) < 4.78 is 0. The van der Waals surface area contributed by atoms with E-state index in [1.165, 1.54) is 27.8 Å². The summed E-state index contributed by atoms with van der Waals surface area (Å²) in [6.45, 7) is 4.08. The van der Waals surface area contributed by atoms with E-state index in [0.29, 0.717) is 5.56 Å². The Morgan fingerprint density at radius 1 is 0.391 bits per heavy atom. The van der Waals surface area contributed by atoms with E-state index in [2.05, 4.69) is 162 Å². The molecular formula is C64H47IrN4. The second-order valence-corrected chi connectivity index (χ2v) is 17.3. The van der Waals surface area contributed by atoms with Crippen LogP contribution in [0.5, 0.6) is 0 Å². The Labute approximate surface area is 419 Å². The van der Waals surface area contributed by atoms with Crippen molar-refractivity contribution >= 4 is 0 Å². The van der Waals surface area contributed by atoms with Gasteiger partial charge in [-0.2, -0.15) is 5.26 Å². The molecule has 5 heteroatoms. The van der Waals surface area contributed by atoms with Gasteiger partial charge in [-0.15, -0.1) is 94.5 Å². The molecule has 4 nitrogen and oxygen atoms in total. The SMILES string of the molecule is Cc1cc(-c2ccc(-c3cc(-c4ccccn4)[c-]cc3-c3ccccc3-c3cc(CCc4c[c-]c(-c5ccccn5)cc4)cc(CCc4c[c-]c(-c5ccccn5)cc4)c3)cc2)c(C)cc1C#N.[Ir+3]. The smallest absolute Gasteiger partial charge is 0.305 e. The van der Waals surface area contributed by atoms with Crippen molar-refractivity contribution in [2.75, 3.05) is 0 Å². The maximum Gasteiger partial charge on any atom is 3.00 e. The molecule has 10 aromatic rings. The Kier molecular flexibility index (Phi) is 14.3. The number of aromatic nitrogens is 3. The van der Waals surface area contributed by atoms with Crippen LogP contribution >= 0.6 is 0 Å². The summed E-state index contributed by atoms with van der Waals surface area (Å²) in [4.78, 5) is 13.8. The molecule has 0 unspecified atom stereocenters. The zero-order valence-corrected chi connectivity index (χ0v) is 40.9. The largest absolute Gasteiger partial charge is 3.00 e. The number of nitrogens with zero attached hydrogens (tertiary/aromatic N) is 4. The van der Waals surface area contributed by atoms with Crippen LogP contribution in [0.3, 0.4) is 0 Å². The summed E-state index contributed by atoms with van der Waals surface area (Å²) >= 11 is 0.